The van der Waals surface area contributed by atoms with Gasteiger partial charge in [0.15, 0.2) is 0 Å². The molecule has 1 aliphatic carbocycles. The number of phenols is 2. The van der Waals surface area contributed by atoms with Gasteiger partial charge in [-0.05, 0) is 57.2 Å². The lowest BCUT2D eigenvalue weighted by atomic mass is 9.77. The number of piperidine rings is 1. The van der Waals surface area contributed by atoms with Gasteiger partial charge in [-0.15, -0.1) is 0 Å². The minimum atomic E-state index is 0.0853. The third kappa shape index (κ3) is 2.39. The van der Waals surface area contributed by atoms with Crippen molar-refractivity contribution in [1.29, 1.82) is 0 Å². The lowest BCUT2D eigenvalue weighted by molar-refractivity contribution is 0.0294. The minimum Gasteiger partial charge on any atom is -0.507 e. The van der Waals surface area contributed by atoms with Gasteiger partial charge in [0.25, 0.3) is 0 Å². The number of hydrogen-bond acceptors (Lipinski definition) is 3. The highest BCUT2D eigenvalue weighted by molar-refractivity contribution is 5.45. The molecule has 2 fully saturated rings. The molecule has 0 aromatic heterocycles. The molecule has 0 radical (unpaired) electrons. The van der Waals surface area contributed by atoms with Crippen LogP contribution in [0.25, 0.3) is 0 Å². The Hall–Kier alpha value is -1.22. The van der Waals surface area contributed by atoms with E-state index in [9.17, 15) is 10.2 Å². The van der Waals surface area contributed by atoms with Crippen LogP contribution >= 0.6 is 0 Å². The Morgan fingerprint density at radius 1 is 1.05 bits per heavy atom. The molecule has 20 heavy (non-hydrogen) atoms. The molecule has 110 valence electrons. The van der Waals surface area contributed by atoms with Crippen LogP contribution in [0.1, 0.15) is 57.1 Å². The summed E-state index contributed by atoms with van der Waals surface area (Å²) in [5.41, 5.74) is 0.693. The standard InChI is InChI=1S/C17H25NO2/c1-12(17-15(19)9-4-10-16(17)20)18-11-5-7-13-6-2-3-8-14(13)18/h4,9-10,12-14,19-20H,2-3,5-8,11H2,1H3/t12?,13-,14-/m1/s1. The monoisotopic (exact) mass is 275 g/mol. The predicted molar refractivity (Wildman–Crippen MR) is 79.9 cm³/mol. The molecule has 0 bridgehead atoms. The molecule has 3 atom stereocenters. The molecule has 2 N–H and O–H groups in total. The van der Waals surface area contributed by atoms with Gasteiger partial charge in [-0.25, -0.2) is 0 Å². The quantitative estimate of drug-likeness (QED) is 0.862. The zero-order valence-corrected chi connectivity index (χ0v) is 12.3. The third-order valence-electron chi connectivity index (χ3n) is 5.26. The average molecular weight is 275 g/mol. The van der Waals surface area contributed by atoms with Crippen molar-refractivity contribution >= 4 is 0 Å². The highest BCUT2D eigenvalue weighted by atomic mass is 16.3. The summed E-state index contributed by atoms with van der Waals surface area (Å²) in [6.07, 6.45) is 7.88. The summed E-state index contributed by atoms with van der Waals surface area (Å²) >= 11 is 0. The molecular weight excluding hydrogens is 250 g/mol. The Labute approximate surface area is 121 Å². The summed E-state index contributed by atoms with van der Waals surface area (Å²) in [5.74, 6) is 1.25. The van der Waals surface area contributed by atoms with Gasteiger partial charge >= 0.3 is 0 Å². The van der Waals surface area contributed by atoms with Gasteiger partial charge in [0.05, 0.1) is 5.56 Å². The van der Waals surface area contributed by atoms with Gasteiger partial charge in [0.2, 0.25) is 0 Å². The fourth-order valence-electron chi connectivity index (χ4n) is 4.28. The molecule has 1 aromatic carbocycles. The first kappa shape index (κ1) is 13.7. The van der Waals surface area contributed by atoms with E-state index in [2.05, 4.69) is 11.8 Å². The molecule has 0 amide bonds. The van der Waals surface area contributed by atoms with E-state index in [1.807, 2.05) is 0 Å². The van der Waals surface area contributed by atoms with Crippen LogP contribution in [0, 0.1) is 5.92 Å². The van der Waals surface area contributed by atoms with Gasteiger partial charge in [0.1, 0.15) is 11.5 Å². The lowest BCUT2D eigenvalue weighted by Gasteiger charge is -2.47. The first-order chi connectivity index (χ1) is 9.68. The van der Waals surface area contributed by atoms with Crippen molar-refractivity contribution < 1.29 is 10.2 Å². The summed E-state index contributed by atoms with van der Waals surface area (Å²) in [6.45, 7) is 3.20. The van der Waals surface area contributed by atoms with Crippen LogP contribution in [-0.2, 0) is 0 Å². The highest BCUT2D eigenvalue weighted by Crippen LogP contribution is 2.42. The molecule has 2 aliphatic rings. The molecule has 3 heteroatoms. The van der Waals surface area contributed by atoms with Crippen LogP contribution in [0.4, 0.5) is 0 Å². The zero-order valence-electron chi connectivity index (χ0n) is 12.3. The minimum absolute atomic E-state index is 0.0853. The number of hydrogen-bond donors (Lipinski definition) is 2. The molecule has 3 rings (SSSR count). The number of phenolic OH excluding ortho intramolecular Hbond substituents is 2. The van der Waals surface area contributed by atoms with Crippen molar-refractivity contribution in [2.75, 3.05) is 6.54 Å². The number of fused-ring (bicyclic) bond motifs is 1. The molecule has 1 saturated carbocycles. The predicted octanol–water partition coefficient (Wildman–Crippen LogP) is 3.81. The summed E-state index contributed by atoms with van der Waals surface area (Å²) in [5, 5.41) is 20.2. The lowest BCUT2D eigenvalue weighted by Crippen LogP contribution is -2.47. The normalized spacial score (nSPS) is 28.9. The molecular formula is C17H25NO2. The Balaban J connectivity index is 1.87. The molecule has 0 spiro atoms. The maximum absolute atomic E-state index is 10.1. The number of nitrogens with zero attached hydrogens (tertiary/aromatic N) is 1. The van der Waals surface area contributed by atoms with Gasteiger partial charge in [-0.2, -0.15) is 0 Å². The molecule has 1 aromatic rings. The van der Waals surface area contributed by atoms with Crippen molar-refractivity contribution in [3.05, 3.63) is 23.8 Å². The molecule has 1 saturated heterocycles. The van der Waals surface area contributed by atoms with E-state index in [1.54, 1.807) is 18.2 Å². The van der Waals surface area contributed by atoms with Gasteiger partial charge in [-0.1, -0.05) is 18.9 Å². The summed E-state index contributed by atoms with van der Waals surface area (Å²) in [4.78, 5) is 2.52. The van der Waals surface area contributed by atoms with Gasteiger partial charge < -0.3 is 10.2 Å². The molecule has 3 nitrogen and oxygen atoms in total. The van der Waals surface area contributed by atoms with Crippen molar-refractivity contribution in [1.82, 2.24) is 4.90 Å². The number of rotatable bonds is 2. The van der Waals surface area contributed by atoms with E-state index in [0.717, 1.165) is 12.5 Å². The SMILES string of the molecule is CC(c1c(O)cccc1O)N1CCC[C@H]2CCCC[C@H]21. The van der Waals surface area contributed by atoms with E-state index in [1.165, 1.54) is 38.5 Å². The Morgan fingerprint density at radius 2 is 1.70 bits per heavy atom. The van der Waals surface area contributed by atoms with Crippen LogP contribution in [0.3, 0.4) is 0 Å². The fraction of sp³-hybridized carbons (Fsp3) is 0.647. The fourth-order valence-corrected chi connectivity index (χ4v) is 4.28. The van der Waals surface area contributed by atoms with Crippen LogP contribution in [0.15, 0.2) is 18.2 Å². The zero-order chi connectivity index (χ0) is 14.1. The topological polar surface area (TPSA) is 43.7 Å². The summed E-state index contributed by atoms with van der Waals surface area (Å²) in [6, 6.07) is 5.76. The Kier molecular flexibility index (Phi) is 3.88. The second kappa shape index (κ2) is 5.65. The third-order valence-corrected chi connectivity index (χ3v) is 5.26. The van der Waals surface area contributed by atoms with Crippen molar-refractivity contribution in [2.24, 2.45) is 5.92 Å². The highest BCUT2D eigenvalue weighted by Gasteiger charge is 2.36. The summed E-state index contributed by atoms with van der Waals surface area (Å²) < 4.78 is 0. The van der Waals surface area contributed by atoms with E-state index in [4.69, 9.17) is 0 Å². The Bertz CT molecular complexity index is 452. The molecule has 1 unspecified atom stereocenters. The number of aromatic hydroxyl groups is 2. The first-order valence-electron chi connectivity index (χ1n) is 7.95. The van der Waals surface area contributed by atoms with Crippen LogP contribution in [-0.4, -0.2) is 27.7 Å². The largest absolute Gasteiger partial charge is 0.507 e. The van der Waals surface area contributed by atoms with Crippen LogP contribution < -0.4 is 0 Å². The van der Waals surface area contributed by atoms with E-state index >= 15 is 0 Å². The van der Waals surface area contributed by atoms with E-state index in [0.29, 0.717) is 11.6 Å². The number of benzene rings is 1. The second-order valence-corrected chi connectivity index (χ2v) is 6.38. The van der Waals surface area contributed by atoms with Crippen LogP contribution in [0.2, 0.25) is 0 Å². The van der Waals surface area contributed by atoms with Gasteiger partial charge in [-0.3, -0.25) is 4.90 Å². The van der Waals surface area contributed by atoms with E-state index < -0.39 is 0 Å². The maximum Gasteiger partial charge on any atom is 0.124 e. The van der Waals surface area contributed by atoms with Crippen molar-refractivity contribution in [3.63, 3.8) is 0 Å². The van der Waals surface area contributed by atoms with Crippen LogP contribution in [0.5, 0.6) is 11.5 Å². The number of likely N-dealkylation sites (tertiary alicyclic amines) is 1. The average Bonchev–Trinajstić information content (AvgIpc) is 2.46. The van der Waals surface area contributed by atoms with E-state index in [-0.39, 0.29) is 17.5 Å². The second-order valence-electron chi connectivity index (χ2n) is 6.38. The summed E-state index contributed by atoms with van der Waals surface area (Å²) in [7, 11) is 0. The van der Waals surface area contributed by atoms with Crippen molar-refractivity contribution in [2.45, 2.75) is 57.5 Å². The smallest absolute Gasteiger partial charge is 0.124 e. The van der Waals surface area contributed by atoms with Gasteiger partial charge in [0, 0.05) is 12.1 Å². The van der Waals surface area contributed by atoms with Crippen molar-refractivity contribution in [3.8, 4) is 11.5 Å². The molecule has 1 aliphatic heterocycles. The molecule has 1 heterocycles. The first-order valence-corrected chi connectivity index (χ1v) is 7.95. The Morgan fingerprint density at radius 3 is 2.45 bits per heavy atom. The maximum atomic E-state index is 10.1.